The molecule has 106 valence electrons. The number of nitrogens with one attached hydrogen (secondary N) is 1. The van der Waals surface area contributed by atoms with Crippen LogP contribution in [0, 0.1) is 0 Å². The van der Waals surface area contributed by atoms with Crippen molar-refractivity contribution in [1.29, 1.82) is 0 Å². The molecular weight excluding hydrogens is 281 g/mol. The third-order valence-corrected chi connectivity index (χ3v) is 4.17. The van der Waals surface area contributed by atoms with Crippen molar-refractivity contribution in [1.82, 2.24) is 0 Å². The van der Waals surface area contributed by atoms with E-state index in [-0.39, 0.29) is 0 Å². The van der Waals surface area contributed by atoms with Crippen LogP contribution < -0.4 is 9.64 Å². The molecule has 2 nitrogen and oxygen atoms in total. The van der Waals surface area contributed by atoms with Gasteiger partial charge in [-0.2, -0.15) is 0 Å². The van der Waals surface area contributed by atoms with Crippen LogP contribution >= 0.6 is 23.2 Å². The molecule has 0 spiro atoms. The third-order valence-electron chi connectivity index (χ3n) is 3.64. The van der Waals surface area contributed by atoms with Gasteiger partial charge >= 0.3 is 0 Å². The van der Waals surface area contributed by atoms with Crippen molar-refractivity contribution in [2.24, 2.45) is 0 Å². The van der Waals surface area contributed by atoms with Crippen molar-refractivity contribution in [3.8, 4) is 5.75 Å². The summed E-state index contributed by atoms with van der Waals surface area (Å²) in [5, 5.41) is 1.24. The monoisotopic (exact) mass is 302 g/mol. The van der Waals surface area contributed by atoms with E-state index in [4.69, 9.17) is 27.9 Å². The quantitative estimate of drug-likeness (QED) is 0.764. The van der Waals surface area contributed by atoms with Crippen molar-refractivity contribution in [2.75, 3.05) is 26.2 Å². The summed E-state index contributed by atoms with van der Waals surface area (Å²) in [5.41, 5.74) is 0. The molecule has 1 fully saturated rings. The van der Waals surface area contributed by atoms with E-state index in [1.165, 1.54) is 45.3 Å². The lowest BCUT2D eigenvalue weighted by atomic mass is 10.2. The second-order valence-electron chi connectivity index (χ2n) is 5.19. The van der Waals surface area contributed by atoms with Crippen molar-refractivity contribution < 1.29 is 9.64 Å². The molecular formula is C15H22Cl2NO+. The molecule has 0 atom stereocenters. The summed E-state index contributed by atoms with van der Waals surface area (Å²) in [5.74, 6) is 0.733. The van der Waals surface area contributed by atoms with Gasteiger partial charge in [0.15, 0.2) is 0 Å². The van der Waals surface area contributed by atoms with E-state index < -0.39 is 0 Å². The van der Waals surface area contributed by atoms with Crippen LogP contribution in [0.25, 0.3) is 0 Å². The Morgan fingerprint density at radius 1 is 1.05 bits per heavy atom. The van der Waals surface area contributed by atoms with Gasteiger partial charge in [-0.25, -0.2) is 0 Å². The maximum absolute atomic E-state index is 6.04. The van der Waals surface area contributed by atoms with Crippen LogP contribution in [0.4, 0.5) is 0 Å². The lowest BCUT2D eigenvalue weighted by Gasteiger charge is -2.12. The average molecular weight is 303 g/mol. The Morgan fingerprint density at radius 2 is 1.84 bits per heavy atom. The Morgan fingerprint density at radius 3 is 2.58 bits per heavy atom. The van der Waals surface area contributed by atoms with Gasteiger partial charge in [-0.15, -0.1) is 0 Å². The van der Waals surface area contributed by atoms with Gasteiger partial charge in [-0.05, 0) is 37.5 Å². The van der Waals surface area contributed by atoms with Crippen molar-refractivity contribution in [3.05, 3.63) is 28.2 Å². The minimum atomic E-state index is 0.592. The van der Waals surface area contributed by atoms with E-state index in [0.717, 1.165) is 18.8 Å². The lowest BCUT2D eigenvalue weighted by molar-refractivity contribution is -0.887. The Hall–Kier alpha value is -0.440. The van der Waals surface area contributed by atoms with E-state index in [1.807, 2.05) is 6.07 Å². The minimum absolute atomic E-state index is 0.592. The number of benzene rings is 1. The summed E-state index contributed by atoms with van der Waals surface area (Å²) in [7, 11) is 0. The second-order valence-corrected chi connectivity index (χ2v) is 6.03. The molecule has 1 aromatic rings. The summed E-state index contributed by atoms with van der Waals surface area (Å²) >= 11 is 11.9. The number of hydrogen-bond donors (Lipinski definition) is 1. The number of hydrogen-bond acceptors (Lipinski definition) is 1. The van der Waals surface area contributed by atoms with Crippen LogP contribution in [-0.2, 0) is 0 Å². The Labute approximate surface area is 125 Å². The number of unbranched alkanes of at least 4 members (excludes halogenated alkanes) is 2. The highest BCUT2D eigenvalue weighted by molar-refractivity contribution is 6.35. The van der Waals surface area contributed by atoms with Crippen molar-refractivity contribution in [2.45, 2.75) is 32.1 Å². The third kappa shape index (κ3) is 5.21. The standard InChI is InChI=1S/C15H21Cl2NO/c16-13-6-7-15(14(17)12-13)19-11-5-1-2-8-18-9-3-4-10-18/h6-7,12H,1-5,8-11H2/p+1. The number of ether oxygens (including phenoxy) is 1. The smallest absolute Gasteiger partial charge is 0.137 e. The summed E-state index contributed by atoms with van der Waals surface area (Å²) < 4.78 is 5.67. The van der Waals surface area contributed by atoms with Crippen LogP contribution in [0.15, 0.2) is 18.2 Å². The van der Waals surface area contributed by atoms with Crippen LogP contribution in [0.5, 0.6) is 5.75 Å². The van der Waals surface area contributed by atoms with Crippen molar-refractivity contribution >= 4 is 23.2 Å². The first-order valence-electron chi connectivity index (χ1n) is 7.17. The summed E-state index contributed by atoms with van der Waals surface area (Å²) in [6.45, 7) is 4.80. The number of quaternary nitrogens is 1. The zero-order valence-corrected chi connectivity index (χ0v) is 12.8. The van der Waals surface area contributed by atoms with Gasteiger partial charge in [0.05, 0.1) is 31.3 Å². The number of rotatable bonds is 7. The fourth-order valence-corrected chi connectivity index (χ4v) is 3.02. The van der Waals surface area contributed by atoms with E-state index in [0.29, 0.717) is 10.0 Å². The van der Waals surface area contributed by atoms with Crippen LogP contribution in [0.1, 0.15) is 32.1 Å². The molecule has 0 aromatic heterocycles. The van der Waals surface area contributed by atoms with E-state index in [1.54, 1.807) is 17.0 Å². The molecule has 0 saturated carbocycles. The largest absolute Gasteiger partial charge is 0.492 e. The molecule has 0 radical (unpaired) electrons. The molecule has 0 aliphatic carbocycles. The molecule has 4 heteroatoms. The molecule has 1 aromatic carbocycles. The molecule has 2 rings (SSSR count). The maximum atomic E-state index is 6.04. The van der Waals surface area contributed by atoms with Crippen molar-refractivity contribution in [3.63, 3.8) is 0 Å². The number of halogens is 2. The SMILES string of the molecule is Clc1ccc(OCCCCC[NH+]2CCCC2)c(Cl)c1. The zero-order valence-electron chi connectivity index (χ0n) is 11.3. The summed E-state index contributed by atoms with van der Waals surface area (Å²) in [6.07, 6.45) is 6.44. The molecule has 0 bridgehead atoms. The highest BCUT2D eigenvalue weighted by Crippen LogP contribution is 2.27. The average Bonchev–Trinajstić information content (AvgIpc) is 2.89. The molecule has 1 heterocycles. The van der Waals surface area contributed by atoms with Gasteiger partial charge in [-0.3, -0.25) is 0 Å². The van der Waals surface area contributed by atoms with Crippen LogP contribution in [0.3, 0.4) is 0 Å². The van der Waals surface area contributed by atoms with E-state index in [9.17, 15) is 0 Å². The zero-order chi connectivity index (χ0) is 13.5. The fraction of sp³-hybridized carbons (Fsp3) is 0.600. The van der Waals surface area contributed by atoms with Gasteiger partial charge in [0.1, 0.15) is 5.75 Å². The molecule has 0 unspecified atom stereocenters. The van der Waals surface area contributed by atoms with Gasteiger partial charge in [0, 0.05) is 17.9 Å². The highest BCUT2D eigenvalue weighted by Gasteiger charge is 2.13. The molecule has 1 aliphatic rings. The summed E-state index contributed by atoms with van der Waals surface area (Å²) in [4.78, 5) is 1.78. The fourth-order valence-electron chi connectivity index (χ4n) is 2.55. The van der Waals surface area contributed by atoms with Gasteiger partial charge in [0.2, 0.25) is 0 Å². The Bertz CT molecular complexity index is 392. The number of likely N-dealkylation sites (tertiary alicyclic amines) is 1. The maximum Gasteiger partial charge on any atom is 0.137 e. The topological polar surface area (TPSA) is 13.7 Å². The lowest BCUT2D eigenvalue weighted by Crippen LogP contribution is -3.09. The molecule has 1 aliphatic heterocycles. The summed E-state index contributed by atoms with van der Waals surface area (Å²) in [6, 6.07) is 5.35. The van der Waals surface area contributed by atoms with E-state index >= 15 is 0 Å². The Balaban J connectivity index is 1.56. The predicted molar refractivity (Wildman–Crippen MR) is 80.6 cm³/mol. The molecule has 1 saturated heterocycles. The van der Waals surface area contributed by atoms with Gasteiger partial charge in [-0.1, -0.05) is 23.2 Å². The first-order chi connectivity index (χ1) is 9.25. The first-order valence-corrected chi connectivity index (χ1v) is 7.93. The highest BCUT2D eigenvalue weighted by atomic mass is 35.5. The molecule has 19 heavy (non-hydrogen) atoms. The van der Waals surface area contributed by atoms with Gasteiger partial charge in [0.25, 0.3) is 0 Å². The molecule has 0 amide bonds. The molecule has 1 N–H and O–H groups in total. The first kappa shape index (κ1) is 15.0. The minimum Gasteiger partial charge on any atom is -0.492 e. The van der Waals surface area contributed by atoms with E-state index in [2.05, 4.69) is 0 Å². The van der Waals surface area contributed by atoms with Gasteiger partial charge < -0.3 is 9.64 Å². The normalized spacial score (nSPS) is 15.9. The second kappa shape index (κ2) is 7.98. The predicted octanol–water partition coefficient (Wildman–Crippen LogP) is 3.22. The van der Waals surface area contributed by atoms with Crippen LogP contribution in [-0.4, -0.2) is 26.2 Å². The van der Waals surface area contributed by atoms with Crippen LogP contribution in [0.2, 0.25) is 10.0 Å². The Kier molecular flexibility index (Phi) is 6.29.